The third-order valence-corrected chi connectivity index (χ3v) is 4.61. The van der Waals surface area contributed by atoms with E-state index in [0.717, 1.165) is 23.1 Å². The summed E-state index contributed by atoms with van der Waals surface area (Å²) in [6, 6.07) is 10.7. The molecule has 130 valence electrons. The van der Waals surface area contributed by atoms with Crippen LogP contribution in [0, 0.1) is 0 Å². The van der Waals surface area contributed by atoms with E-state index in [-0.39, 0.29) is 6.03 Å². The molecule has 0 atom stereocenters. The van der Waals surface area contributed by atoms with Gasteiger partial charge in [0, 0.05) is 23.4 Å². The van der Waals surface area contributed by atoms with E-state index in [2.05, 4.69) is 10.4 Å². The largest absolute Gasteiger partial charge is 0.399 e. The fraction of sp³-hybridized carbons (Fsp3) is 0.222. The number of anilines is 1. The number of carbonyl (C=O) groups is 1. The van der Waals surface area contributed by atoms with Crippen molar-refractivity contribution in [1.82, 2.24) is 10.3 Å². The molecule has 0 unspecified atom stereocenters. The van der Waals surface area contributed by atoms with Gasteiger partial charge in [0.05, 0.1) is 22.3 Å². The predicted octanol–water partition coefficient (Wildman–Crippen LogP) is 4.26. The highest BCUT2D eigenvalue weighted by atomic mass is 35.5. The second kappa shape index (κ2) is 7.33. The average Bonchev–Trinajstić information content (AvgIpc) is 2.60. The van der Waals surface area contributed by atoms with Crippen LogP contribution >= 0.6 is 23.2 Å². The van der Waals surface area contributed by atoms with Crippen LogP contribution in [0.25, 0.3) is 0 Å². The van der Waals surface area contributed by atoms with E-state index in [9.17, 15) is 4.79 Å². The maximum absolute atomic E-state index is 12.4. The van der Waals surface area contributed by atoms with E-state index in [1.54, 1.807) is 24.3 Å². The summed E-state index contributed by atoms with van der Waals surface area (Å²) in [6.45, 7) is 2.92. The van der Waals surface area contributed by atoms with Crippen molar-refractivity contribution in [3.05, 3.63) is 63.1 Å². The number of urea groups is 1. The molecule has 25 heavy (non-hydrogen) atoms. The summed E-state index contributed by atoms with van der Waals surface area (Å²) in [5, 5.41) is 9.70. The Morgan fingerprint density at radius 1 is 1.24 bits per heavy atom. The van der Waals surface area contributed by atoms with E-state index in [1.165, 1.54) is 5.01 Å². The maximum Gasteiger partial charge on any atom is 0.338 e. The zero-order valence-electron chi connectivity index (χ0n) is 13.7. The first-order chi connectivity index (χ1) is 12.0. The fourth-order valence-electron chi connectivity index (χ4n) is 2.61. The minimum atomic E-state index is -0.244. The van der Waals surface area contributed by atoms with Gasteiger partial charge in [-0.15, -0.1) is 0 Å². The van der Waals surface area contributed by atoms with E-state index >= 15 is 0 Å². The average molecular weight is 377 g/mol. The molecule has 5 nitrogen and oxygen atoms in total. The Balaban J connectivity index is 2.06. The van der Waals surface area contributed by atoms with Gasteiger partial charge >= 0.3 is 6.03 Å². The number of nitrogens with one attached hydrogen (secondary N) is 1. The number of nitrogens with two attached hydrogens (primary N) is 1. The molecular formula is C18H18Cl2N4O. The number of nitrogen functional groups attached to an aromatic ring is 1. The summed E-state index contributed by atoms with van der Waals surface area (Å²) in [5.41, 5.74) is 9.69. The SMILES string of the molecule is CCCNC(=O)N1Cc2cc(Cl)c(Cl)cc2C(c2ccc(N)cc2)=N1. The van der Waals surface area contributed by atoms with Crippen LogP contribution in [0.1, 0.15) is 30.0 Å². The summed E-state index contributed by atoms with van der Waals surface area (Å²) in [4.78, 5) is 12.4. The first-order valence-corrected chi connectivity index (χ1v) is 8.73. The lowest BCUT2D eigenvalue weighted by Gasteiger charge is -2.26. The molecule has 0 bridgehead atoms. The standard InChI is InChI=1S/C18H18Cl2N4O/c1-2-7-22-18(25)24-10-12-8-15(19)16(20)9-14(12)17(23-24)11-3-5-13(21)6-4-11/h3-6,8-9H,2,7,10,21H2,1H3,(H,22,25). The molecule has 0 radical (unpaired) electrons. The van der Waals surface area contributed by atoms with Crippen molar-refractivity contribution < 1.29 is 4.79 Å². The van der Waals surface area contributed by atoms with Crippen LogP contribution in [-0.2, 0) is 6.54 Å². The van der Waals surface area contributed by atoms with E-state index in [1.807, 2.05) is 19.1 Å². The number of fused-ring (bicyclic) bond motifs is 1. The highest BCUT2D eigenvalue weighted by Crippen LogP contribution is 2.31. The molecular weight excluding hydrogens is 359 g/mol. The van der Waals surface area contributed by atoms with Gasteiger partial charge in [-0.05, 0) is 36.2 Å². The number of rotatable bonds is 3. The molecule has 1 aliphatic heterocycles. The van der Waals surface area contributed by atoms with Crippen molar-refractivity contribution in [2.24, 2.45) is 5.10 Å². The highest BCUT2D eigenvalue weighted by molar-refractivity contribution is 6.42. The van der Waals surface area contributed by atoms with Crippen molar-refractivity contribution in [1.29, 1.82) is 0 Å². The summed E-state index contributed by atoms with van der Waals surface area (Å²) in [6.07, 6.45) is 0.853. The number of amides is 2. The fourth-order valence-corrected chi connectivity index (χ4v) is 2.96. The van der Waals surface area contributed by atoms with Gasteiger partial charge in [-0.25, -0.2) is 9.80 Å². The molecule has 0 aromatic heterocycles. The van der Waals surface area contributed by atoms with Crippen molar-refractivity contribution in [3.63, 3.8) is 0 Å². The Kier molecular flexibility index (Phi) is 5.16. The number of hydrogen-bond acceptors (Lipinski definition) is 3. The van der Waals surface area contributed by atoms with Crippen molar-refractivity contribution in [3.8, 4) is 0 Å². The summed E-state index contributed by atoms with van der Waals surface area (Å²) < 4.78 is 0. The quantitative estimate of drug-likeness (QED) is 0.785. The van der Waals surface area contributed by atoms with E-state index < -0.39 is 0 Å². The molecule has 7 heteroatoms. The Bertz CT molecular complexity index is 834. The van der Waals surface area contributed by atoms with Crippen LogP contribution in [0.2, 0.25) is 10.0 Å². The summed E-state index contributed by atoms with van der Waals surface area (Å²) in [7, 11) is 0. The molecule has 2 aromatic carbocycles. The lowest BCUT2D eigenvalue weighted by Crippen LogP contribution is -2.39. The summed E-state index contributed by atoms with van der Waals surface area (Å²) >= 11 is 12.4. The number of nitrogens with zero attached hydrogens (tertiary/aromatic N) is 2. The van der Waals surface area contributed by atoms with Gasteiger partial charge in [0.15, 0.2) is 0 Å². The Morgan fingerprint density at radius 2 is 1.92 bits per heavy atom. The Hall–Kier alpha value is -2.24. The van der Waals surface area contributed by atoms with Gasteiger partial charge in [0.2, 0.25) is 0 Å². The molecule has 0 saturated carbocycles. The molecule has 0 fully saturated rings. The minimum Gasteiger partial charge on any atom is -0.399 e. The van der Waals surface area contributed by atoms with Gasteiger partial charge in [-0.3, -0.25) is 0 Å². The molecule has 3 N–H and O–H groups in total. The highest BCUT2D eigenvalue weighted by Gasteiger charge is 2.25. The molecule has 0 saturated heterocycles. The van der Waals surface area contributed by atoms with Gasteiger partial charge in [0.1, 0.15) is 0 Å². The maximum atomic E-state index is 12.4. The van der Waals surface area contributed by atoms with E-state index in [4.69, 9.17) is 28.9 Å². The van der Waals surface area contributed by atoms with Gasteiger partial charge in [-0.2, -0.15) is 5.10 Å². The van der Waals surface area contributed by atoms with Crippen LogP contribution in [0.15, 0.2) is 41.5 Å². The number of hydrogen-bond donors (Lipinski definition) is 2. The predicted molar refractivity (Wildman–Crippen MR) is 102 cm³/mol. The van der Waals surface area contributed by atoms with Crippen LogP contribution in [0.5, 0.6) is 0 Å². The topological polar surface area (TPSA) is 70.7 Å². The third kappa shape index (κ3) is 3.72. The Labute approximate surface area is 156 Å². The van der Waals surface area contributed by atoms with E-state index in [0.29, 0.717) is 34.5 Å². The monoisotopic (exact) mass is 376 g/mol. The first kappa shape index (κ1) is 17.6. The molecule has 2 amide bonds. The van der Waals surface area contributed by atoms with Crippen molar-refractivity contribution in [2.45, 2.75) is 19.9 Å². The van der Waals surface area contributed by atoms with Crippen LogP contribution in [-0.4, -0.2) is 23.3 Å². The zero-order chi connectivity index (χ0) is 18.0. The molecule has 1 aliphatic rings. The number of benzene rings is 2. The van der Waals surface area contributed by atoms with Crippen molar-refractivity contribution >= 4 is 40.6 Å². The lowest BCUT2D eigenvalue weighted by atomic mass is 9.96. The second-order valence-corrected chi connectivity index (χ2v) is 6.60. The second-order valence-electron chi connectivity index (χ2n) is 5.78. The van der Waals surface area contributed by atoms with Gasteiger partial charge in [-0.1, -0.05) is 42.3 Å². The first-order valence-electron chi connectivity index (χ1n) is 7.97. The molecule has 3 rings (SSSR count). The number of halogens is 2. The van der Waals surface area contributed by atoms with Crippen molar-refractivity contribution in [2.75, 3.05) is 12.3 Å². The summed E-state index contributed by atoms with van der Waals surface area (Å²) in [5.74, 6) is 0. The third-order valence-electron chi connectivity index (χ3n) is 3.89. The Morgan fingerprint density at radius 3 is 2.60 bits per heavy atom. The molecule has 0 spiro atoms. The molecule has 2 aromatic rings. The minimum absolute atomic E-state index is 0.244. The zero-order valence-corrected chi connectivity index (χ0v) is 15.2. The van der Waals surface area contributed by atoms with Gasteiger partial charge in [0.25, 0.3) is 0 Å². The lowest BCUT2D eigenvalue weighted by molar-refractivity contribution is 0.196. The smallest absolute Gasteiger partial charge is 0.338 e. The number of carbonyl (C=O) groups excluding carboxylic acids is 1. The van der Waals surface area contributed by atoms with Crippen LogP contribution in [0.3, 0.4) is 0 Å². The van der Waals surface area contributed by atoms with Crippen LogP contribution < -0.4 is 11.1 Å². The molecule has 1 heterocycles. The number of hydrazone groups is 1. The normalized spacial score (nSPS) is 13.2. The molecule has 0 aliphatic carbocycles. The van der Waals surface area contributed by atoms with Gasteiger partial charge < -0.3 is 11.1 Å². The van der Waals surface area contributed by atoms with Crippen LogP contribution in [0.4, 0.5) is 10.5 Å².